The predicted octanol–water partition coefficient (Wildman–Crippen LogP) is 3.49. The van der Waals surface area contributed by atoms with Crippen LogP contribution in [-0.2, 0) is 6.54 Å². The van der Waals surface area contributed by atoms with E-state index in [-0.39, 0.29) is 17.2 Å². The van der Waals surface area contributed by atoms with Crippen LogP contribution < -0.4 is 10.6 Å². The number of nitrogens with one attached hydrogen (secondary N) is 2. The van der Waals surface area contributed by atoms with Crippen LogP contribution in [0.1, 0.15) is 37.0 Å². The molecule has 0 fully saturated rings. The van der Waals surface area contributed by atoms with Crippen molar-refractivity contribution in [3.8, 4) is 0 Å². The van der Waals surface area contributed by atoms with Crippen molar-refractivity contribution < 1.29 is 9.72 Å². The van der Waals surface area contributed by atoms with Gasteiger partial charge in [0.25, 0.3) is 11.6 Å². The molecule has 0 atom stereocenters. The molecular formula is C20H25N7O3S. The first kappa shape index (κ1) is 22.5. The molecule has 0 spiro atoms. The van der Waals surface area contributed by atoms with Gasteiger partial charge in [-0.15, -0.1) is 0 Å². The lowest BCUT2D eigenvalue weighted by molar-refractivity contribution is -0.384. The maximum absolute atomic E-state index is 12.4. The molecule has 0 saturated heterocycles. The normalized spacial score (nSPS) is 10.9. The standard InChI is InChI=1S/C20H25N7O3S/c1-3-8-21-17-16-13-23-26(18(16)25-20(24-17)31-11-4-2)10-9-22-19(28)14-6-5-7-15(12-14)27(29)30/h5-7,12-13H,3-4,8-11H2,1-2H3,(H,22,28)(H,21,24,25). The van der Waals surface area contributed by atoms with Gasteiger partial charge in [0.2, 0.25) is 0 Å². The summed E-state index contributed by atoms with van der Waals surface area (Å²) in [5.41, 5.74) is 0.828. The zero-order valence-electron chi connectivity index (χ0n) is 17.5. The number of hydrogen-bond donors (Lipinski definition) is 2. The van der Waals surface area contributed by atoms with Crippen LogP contribution in [0.25, 0.3) is 11.0 Å². The third kappa shape index (κ3) is 5.69. The third-order valence-corrected chi connectivity index (χ3v) is 5.43. The highest BCUT2D eigenvalue weighted by Gasteiger charge is 2.14. The molecule has 0 unspecified atom stereocenters. The molecule has 0 aliphatic rings. The first-order valence-electron chi connectivity index (χ1n) is 10.2. The Hall–Kier alpha value is -3.21. The lowest BCUT2D eigenvalue weighted by Gasteiger charge is -2.09. The molecule has 31 heavy (non-hydrogen) atoms. The average Bonchev–Trinajstić information content (AvgIpc) is 3.19. The first-order valence-corrected chi connectivity index (χ1v) is 11.1. The van der Waals surface area contributed by atoms with Gasteiger partial charge in [0.15, 0.2) is 10.8 Å². The number of benzene rings is 1. The summed E-state index contributed by atoms with van der Waals surface area (Å²) >= 11 is 1.60. The number of carbonyl (C=O) groups excluding carboxylic acids is 1. The van der Waals surface area contributed by atoms with Crippen LogP contribution in [-0.4, -0.2) is 49.4 Å². The molecule has 10 nitrogen and oxygen atoms in total. The monoisotopic (exact) mass is 443 g/mol. The van der Waals surface area contributed by atoms with E-state index in [1.807, 2.05) is 0 Å². The number of anilines is 1. The molecule has 0 aliphatic carbocycles. The summed E-state index contributed by atoms with van der Waals surface area (Å²) in [7, 11) is 0. The van der Waals surface area contributed by atoms with Gasteiger partial charge in [-0.05, 0) is 18.9 Å². The molecule has 3 aromatic rings. The van der Waals surface area contributed by atoms with Gasteiger partial charge in [-0.25, -0.2) is 14.6 Å². The fourth-order valence-corrected chi connectivity index (χ4v) is 3.57. The van der Waals surface area contributed by atoms with Crippen molar-refractivity contribution in [3.05, 3.63) is 46.1 Å². The van der Waals surface area contributed by atoms with Gasteiger partial charge >= 0.3 is 0 Å². The van der Waals surface area contributed by atoms with Crippen LogP contribution in [0.4, 0.5) is 11.5 Å². The molecule has 3 rings (SSSR count). The molecule has 1 amide bonds. The molecule has 0 aliphatic heterocycles. The lowest BCUT2D eigenvalue weighted by atomic mass is 10.2. The summed E-state index contributed by atoms with van der Waals surface area (Å²) < 4.78 is 1.73. The van der Waals surface area contributed by atoms with Crippen molar-refractivity contribution in [2.75, 3.05) is 24.2 Å². The van der Waals surface area contributed by atoms with E-state index in [9.17, 15) is 14.9 Å². The highest BCUT2D eigenvalue weighted by atomic mass is 32.2. The van der Waals surface area contributed by atoms with Crippen LogP contribution in [0.2, 0.25) is 0 Å². The molecule has 2 N–H and O–H groups in total. The van der Waals surface area contributed by atoms with Gasteiger partial charge in [0.1, 0.15) is 5.82 Å². The minimum absolute atomic E-state index is 0.119. The summed E-state index contributed by atoms with van der Waals surface area (Å²) in [5.74, 6) is 1.31. The maximum Gasteiger partial charge on any atom is 0.270 e. The van der Waals surface area contributed by atoms with Crippen molar-refractivity contribution in [1.82, 2.24) is 25.1 Å². The fourth-order valence-electron chi connectivity index (χ4n) is 2.87. The van der Waals surface area contributed by atoms with E-state index in [1.165, 1.54) is 18.2 Å². The van der Waals surface area contributed by atoms with Crippen LogP contribution in [0.3, 0.4) is 0 Å². The van der Waals surface area contributed by atoms with E-state index >= 15 is 0 Å². The first-order chi connectivity index (χ1) is 15.0. The van der Waals surface area contributed by atoms with Gasteiger partial charge in [-0.3, -0.25) is 14.9 Å². The minimum Gasteiger partial charge on any atom is -0.369 e. The number of amides is 1. The van der Waals surface area contributed by atoms with E-state index in [2.05, 4.69) is 39.5 Å². The Morgan fingerprint density at radius 1 is 1.23 bits per heavy atom. The highest BCUT2D eigenvalue weighted by Crippen LogP contribution is 2.24. The Balaban J connectivity index is 1.73. The number of fused-ring (bicyclic) bond motifs is 1. The second-order valence-corrected chi connectivity index (χ2v) is 7.86. The van der Waals surface area contributed by atoms with Crippen LogP contribution in [0.5, 0.6) is 0 Å². The Labute approximate surface area is 184 Å². The maximum atomic E-state index is 12.4. The van der Waals surface area contributed by atoms with Gasteiger partial charge in [-0.1, -0.05) is 31.7 Å². The number of hydrogen-bond acceptors (Lipinski definition) is 8. The van der Waals surface area contributed by atoms with E-state index in [1.54, 1.807) is 28.7 Å². The molecule has 2 aromatic heterocycles. The number of rotatable bonds is 11. The number of nitro benzene ring substituents is 1. The smallest absolute Gasteiger partial charge is 0.270 e. The van der Waals surface area contributed by atoms with Gasteiger partial charge in [0, 0.05) is 36.5 Å². The molecule has 11 heteroatoms. The second-order valence-electron chi connectivity index (χ2n) is 6.80. The van der Waals surface area contributed by atoms with Gasteiger partial charge in [-0.2, -0.15) is 5.10 Å². The van der Waals surface area contributed by atoms with Crippen LogP contribution in [0.15, 0.2) is 35.6 Å². The Bertz CT molecular complexity index is 1070. The molecule has 164 valence electrons. The van der Waals surface area contributed by atoms with Crippen molar-refractivity contribution in [2.24, 2.45) is 0 Å². The van der Waals surface area contributed by atoms with Crippen LogP contribution >= 0.6 is 11.8 Å². The van der Waals surface area contributed by atoms with E-state index in [0.717, 1.165) is 36.3 Å². The number of nitrogens with zero attached hydrogens (tertiary/aromatic N) is 5. The summed E-state index contributed by atoms with van der Waals surface area (Å²) in [5, 5.41) is 23.0. The minimum atomic E-state index is -0.523. The van der Waals surface area contributed by atoms with Crippen molar-refractivity contribution in [2.45, 2.75) is 38.4 Å². The average molecular weight is 444 g/mol. The van der Waals surface area contributed by atoms with Crippen LogP contribution in [0, 0.1) is 10.1 Å². The fraction of sp³-hybridized carbons (Fsp3) is 0.400. The summed E-state index contributed by atoms with van der Waals surface area (Å²) in [6.45, 7) is 5.71. The number of non-ortho nitro benzene ring substituents is 1. The number of thioether (sulfide) groups is 1. The third-order valence-electron chi connectivity index (χ3n) is 4.38. The van der Waals surface area contributed by atoms with Gasteiger partial charge < -0.3 is 10.6 Å². The zero-order chi connectivity index (χ0) is 22.2. The number of carbonyl (C=O) groups is 1. The summed E-state index contributed by atoms with van der Waals surface area (Å²) in [4.78, 5) is 32.0. The van der Waals surface area contributed by atoms with E-state index in [0.29, 0.717) is 23.9 Å². The number of aromatic nitrogens is 4. The Kier molecular flexibility index (Phi) is 7.76. The van der Waals surface area contributed by atoms with E-state index in [4.69, 9.17) is 0 Å². The number of nitro groups is 1. The second kappa shape index (κ2) is 10.7. The van der Waals surface area contributed by atoms with E-state index < -0.39 is 4.92 Å². The lowest BCUT2D eigenvalue weighted by Crippen LogP contribution is -2.27. The largest absolute Gasteiger partial charge is 0.369 e. The molecule has 0 saturated carbocycles. The zero-order valence-corrected chi connectivity index (χ0v) is 18.3. The van der Waals surface area contributed by atoms with Crippen molar-refractivity contribution in [1.29, 1.82) is 0 Å². The summed E-state index contributed by atoms with van der Waals surface area (Å²) in [6, 6.07) is 5.65. The molecule has 0 radical (unpaired) electrons. The quantitative estimate of drug-likeness (QED) is 0.199. The highest BCUT2D eigenvalue weighted by molar-refractivity contribution is 7.99. The predicted molar refractivity (Wildman–Crippen MR) is 121 cm³/mol. The van der Waals surface area contributed by atoms with Crippen molar-refractivity contribution in [3.63, 3.8) is 0 Å². The molecule has 1 aromatic carbocycles. The Morgan fingerprint density at radius 3 is 2.81 bits per heavy atom. The Morgan fingerprint density at radius 2 is 2.06 bits per heavy atom. The molecule has 0 bridgehead atoms. The topological polar surface area (TPSA) is 128 Å². The SMILES string of the molecule is CCCNc1nc(SCCC)nc2c1cnn2CCNC(=O)c1cccc([N+](=O)[O-])c1. The molecular weight excluding hydrogens is 418 g/mol. The van der Waals surface area contributed by atoms with Crippen molar-refractivity contribution >= 4 is 40.2 Å². The molecule has 2 heterocycles. The van der Waals surface area contributed by atoms with Gasteiger partial charge in [0.05, 0.1) is 23.1 Å². The summed E-state index contributed by atoms with van der Waals surface area (Å²) in [6.07, 6.45) is 3.72.